The summed E-state index contributed by atoms with van der Waals surface area (Å²) < 4.78 is 22.7. The summed E-state index contributed by atoms with van der Waals surface area (Å²) in [6.45, 7) is 3.41. The zero-order valence-electron chi connectivity index (χ0n) is 6.78. The van der Waals surface area contributed by atoms with Gasteiger partial charge in [0, 0.05) is 24.4 Å². The van der Waals surface area contributed by atoms with Crippen molar-refractivity contribution in [2.75, 3.05) is 13.1 Å². The minimum absolute atomic E-state index is 0.652. The second-order valence-corrected chi connectivity index (χ2v) is 4.00. The van der Waals surface area contributed by atoms with Crippen LogP contribution in [0.2, 0.25) is 0 Å². The van der Waals surface area contributed by atoms with Gasteiger partial charge in [-0.2, -0.15) is 0 Å². The van der Waals surface area contributed by atoms with Crippen molar-refractivity contribution in [1.29, 1.82) is 0 Å². The van der Waals surface area contributed by atoms with E-state index < -0.39 is 11.3 Å². The molecule has 0 aromatic carbocycles. The van der Waals surface area contributed by atoms with Gasteiger partial charge in [0.1, 0.15) is 0 Å². The van der Waals surface area contributed by atoms with Crippen molar-refractivity contribution in [2.24, 2.45) is 5.92 Å². The number of hydrogen-bond donors (Lipinski definition) is 0. The van der Waals surface area contributed by atoms with Crippen LogP contribution < -0.4 is 0 Å². The smallest absolute Gasteiger partial charge is 0.0209 e. The minimum atomic E-state index is -2.00. The first kappa shape index (κ1) is 9.16. The third-order valence-corrected chi connectivity index (χ3v) is 2.60. The summed E-state index contributed by atoms with van der Waals surface area (Å²) in [5, 5.41) is 0. The molecule has 1 atom stereocenters. The molecule has 1 aliphatic carbocycles. The summed E-state index contributed by atoms with van der Waals surface area (Å²) in [5.41, 5.74) is 0. The van der Waals surface area contributed by atoms with Crippen molar-refractivity contribution in [1.82, 2.24) is 4.31 Å². The second-order valence-electron chi connectivity index (χ2n) is 3.05. The molecule has 0 amide bonds. The topological polar surface area (TPSA) is 43.4 Å². The average molecular weight is 176 g/mol. The SMILES string of the molecule is CCCN(CC1CC1)S(=O)[O-]. The quantitative estimate of drug-likeness (QED) is 0.584. The van der Waals surface area contributed by atoms with Crippen LogP contribution >= 0.6 is 0 Å². The first-order valence-electron chi connectivity index (χ1n) is 4.08. The van der Waals surface area contributed by atoms with Gasteiger partial charge in [0.2, 0.25) is 0 Å². The van der Waals surface area contributed by atoms with E-state index in [4.69, 9.17) is 0 Å². The highest BCUT2D eigenvalue weighted by molar-refractivity contribution is 7.76. The number of nitrogens with zero attached hydrogens (tertiary/aromatic N) is 1. The second kappa shape index (κ2) is 4.18. The normalized spacial score (nSPS) is 20.6. The molecule has 0 saturated heterocycles. The maximum atomic E-state index is 10.6. The standard InChI is InChI=1S/C7H15NO2S/c1-2-5-8(11(9)10)6-7-3-4-7/h7H,2-6H2,1H3,(H,9,10)/p-1. The summed E-state index contributed by atoms with van der Waals surface area (Å²) in [7, 11) is 0. The van der Waals surface area contributed by atoms with Crippen LogP contribution in [-0.2, 0) is 11.3 Å². The van der Waals surface area contributed by atoms with Crippen molar-refractivity contribution in [3.8, 4) is 0 Å². The lowest BCUT2D eigenvalue weighted by atomic mass is 10.4. The molecule has 11 heavy (non-hydrogen) atoms. The fourth-order valence-electron chi connectivity index (χ4n) is 1.06. The molecular formula is C7H14NO2S-. The molecular weight excluding hydrogens is 162 g/mol. The minimum Gasteiger partial charge on any atom is -0.760 e. The van der Waals surface area contributed by atoms with Crippen molar-refractivity contribution in [2.45, 2.75) is 26.2 Å². The summed E-state index contributed by atoms with van der Waals surface area (Å²) in [6, 6.07) is 0. The summed E-state index contributed by atoms with van der Waals surface area (Å²) in [6.07, 6.45) is 3.32. The van der Waals surface area contributed by atoms with Gasteiger partial charge < -0.3 is 4.55 Å². The first-order valence-corrected chi connectivity index (χ1v) is 5.11. The van der Waals surface area contributed by atoms with E-state index in [9.17, 15) is 8.76 Å². The van der Waals surface area contributed by atoms with Crippen LogP contribution in [0, 0.1) is 5.92 Å². The van der Waals surface area contributed by atoms with Gasteiger partial charge in [-0.25, -0.2) is 4.31 Å². The summed E-state index contributed by atoms with van der Waals surface area (Å²) >= 11 is -2.00. The van der Waals surface area contributed by atoms with Crippen LogP contribution in [0.4, 0.5) is 0 Å². The predicted octanol–water partition coefficient (Wildman–Crippen LogP) is 0.903. The van der Waals surface area contributed by atoms with Crippen LogP contribution in [-0.4, -0.2) is 26.2 Å². The highest BCUT2D eigenvalue weighted by atomic mass is 32.2. The number of rotatable bonds is 5. The molecule has 1 fully saturated rings. The van der Waals surface area contributed by atoms with E-state index in [1.807, 2.05) is 6.92 Å². The maximum Gasteiger partial charge on any atom is 0.0209 e. The van der Waals surface area contributed by atoms with Crippen LogP contribution in [0.15, 0.2) is 0 Å². The van der Waals surface area contributed by atoms with Crippen molar-refractivity contribution >= 4 is 11.3 Å². The Morgan fingerprint density at radius 3 is 2.64 bits per heavy atom. The molecule has 0 heterocycles. The molecule has 0 aromatic rings. The zero-order chi connectivity index (χ0) is 8.27. The zero-order valence-corrected chi connectivity index (χ0v) is 7.60. The summed E-state index contributed by atoms with van der Waals surface area (Å²) in [4.78, 5) is 0. The van der Waals surface area contributed by atoms with Gasteiger partial charge in [0.05, 0.1) is 0 Å². The fraction of sp³-hybridized carbons (Fsp3) is 1.00. The van der Waals surface area contributed by atoms with Crippen LogP contribution in [0.25, 0.3) is 0 Å². The van der Waals surface area contributed by atoms with Crippen molar-refractivity contribution < 1.29 is 8.76 Å². The van der Waals surface area contributed by atoms with Crippen LogP contribution in [0.1, 0.15) is 26.2 Å². The van der Waals surface area contributed by atoms with E-state index in [1.54, 1.807) is 0 Å². The molecule has 0 bridgehead atoms. The highest BCUT2D eigenvalue weighted by Gasteiger charge is 2.24. The lowest BCUT2D eigenvalue weighted by Crippen LogP contribution is -2.28. The largest absolute Gasteiger partial charge is 0.760 e. The van der Waals surface area contributed by atoms with Crippen molar-refractivity contribution in [3.63, 3.8) is 0 Å². The van der Waals surface area contributed by atoms with E-state index in [1.165, 1.54) is 17.1 Å². The van der Waals surface area contributed by atoms with E-state index >= 15 is 0 Å². The lowest BCUT2D eigenvalue weighted by Gasteiger charge is -2.23. The Hall–Kier alpha value is 0.0700. The third-order valence-electron chi connectivity index (χ3n) is 1.84. The Morgan fingerprint density at radius 2 is 2.27 bits per heavy atom. The Kier molecular flexibility index (Phi) is 3.48. The molecule has 0 spiro atoms. The Morgan fingerprint density at radius 1 is 1.64 bits per heavy atom. The van der Waals surface area contributed by atoms with Gasteiger partial charge in [0.15, 0.2) is 0 Å². The molecule has 0 aliphatic heterocycles. The Bertz CT molecular complexity index is 147. The first-order chi connectivity index (χ1) is 5.24. The van der Waals surface area contributed by atoms with E-state index in [0.29, 0.717) is 12.5 Å². The molecule has 3 nitrogen and oxygen atoms in total. The van der Waals surface area contributed by atoms with Gasteiger partial charge >= 0.3 is 0 Å². The molecule has 1 rings (SSSR count). The Labute approximate surface area is 70.2 Å². The fourth-order valence-corrected chi connectivity index (χ4v) is 1.73. The van der Waals surface area contributed by atoms with Gasteiger partial charge in [-0.1, -0.05) is 6.92 Å². The Balaban J connectivity index is 2.24. The maximum absolute atomic E-state index is 10.6. The third kappa shape index (κ3) is 3.31. The molecule has 1 unspecified atom stereocenters. The monoisotopic (exact) mass is 176 g/mol. The molecule has 1 aliphatic rings. The predicted molar refractivity (Wildman–Crippen MR) is 43.5 cm³/mol. The van der Waals surface area contributed by atoms with E-state index in [-0.39, 0.29) is 0 Å². The van der Waals surface area contributed by atoms with Crippen molar-refractivity contribution in [3.05, 3.63) is 0 Å². The number of hydrogen-bond acceptors (Lipinski definition) is 2. The molecule has 4 heteroatoms. The van der Waals surface area contributed by atoms with Crippen LogP contribution in [0.3, 0.4) is 0 Å². The van der Waals surface area contributed by atoms with Gasteiger partial charge in [-0.15, -0.1) is 0 Å². The summed E-state index contributed by atoms with van der Waals surface area (Å²) in [5.74, 6) is 0.652. The lowest BCUT2D eigenvalue weighted by molar-refractivity contribution is 0.375. The molecule has 0 N–H and O–H groups in total. The van der Waals surface area contributed by atoms with E-state index in [2.05, 4.69) is 0 Å². The molecule has 1 saturated carbocycles. The average Bonchev–Trinajstić information content (AvgIpc) is 2.70. The highest BCUT2D eigenvalue weighted by Crippen LogP contribution is 2.29. The van der Waals surface area contributed by atoms with Crippen LogP contribution in [0.5, 0.6) is 0 Å². The van der Waals surface area contributed by atoms with Gasteiger partial charge in [0.25, 0.3) is 0 Å². The van der Waals surface area contributed by atoms with Gasteiger partial charge in [-0.05, 0) is 25.2 Å². The van der Waals surface area contributed by atoms with Gasteiger partial charge in [-0.3, -0.25) is 4.21 Å². The molecule has 0 radical (unpaired) electrons. The molecule has 66 valence electrons. The van der Waals surface area contributed by atoms with E-state index in [0.717, 1.165) is 13.0 Å². The molecule has 0 aromatic heterocycles.